The molecule has 0 spiro atoms. The number of methoxy groups -OCH3 is 1. The molecule has 0 saturated carbocycles. The summed E-state index contributed by atoms with van der Waals surface area (Å²) < 4.78 is 5.68. The standard InChI is InChI=1S/C41H35NO2/c1-26(43)38(27(2)44-5)39-32-18-9-11-20-34(32)40(35-21-12-10-19-33(35)39)42(28-15-7-6-8-16-28)29-23-24-31-30-17-13-14-22-36(30)41(3,4)37(31)25-29/h6-25H,1-5H3/b38-27+. The number of allylic oxidation sites excluding steroid dienone is 2. The van der Waals surface area contributed by atoms with E-state index in [9.17, 15) is 4.79 Å². The van der Waals surface area contributed by atoms with Gasteiger partial charge in [-0.05, 0) is 71.1 Å². The van der Waals surface area contributed by atoms with Crippen molar-refractivity contribution in [3.63, 3.8) is 0 Å². The highest BCUT2D eigenvalue weighted by molar-refractivity contribution is 6.30. The first-order valence-corrected chi connectivity index (χ1v) is 15.1. The molecule has 0 heterocycles. The van der Waals surface area contributed by atoms with Gasteiger partial charge in [0.25, 0.3) is 0 Å². The smallest absolute Gasteiger partial charge is 0.163 e. The second kappa shape index (κ2) is 10.5. The van der Waals surface area contributed by atoms with E-state index in [4.69, 9.17) is 4.74 Å². The van der Waals surface area contributed by atoms with Crippen LogP contribution in [0.1, 0.15) is 44.4 Å². The second-order valence-electron chi connectivity index (χ2n) is 12.1. The van der Waals surface area contributed by atoms with Crippen LogP contribution in [-0.2, 0) is 14.9 Å². The van der Waals surface area contributed by atoms with Crippen molar-refractivity contribution in [2.75, 3.05) is 12.0 Å². The second-order valence-corrected chi connectivity index (χ2v) is 12.1. The largest absolute Gasteiger partial charge is 0.501 e. The number of benzene rings is 6. The predicted molar refractivity (Wildman–Crippen MR) is 184 cm³/mol. The van der Waals surface area contributed by atoms with Gasteiger partial charge >= 0.3 is 0 Å². The van der Waals surface area contributed by atoms with Crippen LogP contribution >= 0.6 is 0 Å². The van der Waals surface area contributed by atoms with E-state index in [1.807, 2.05) is 19.1 Å². The zero-order valence-corrected chi connectivity index (χ0v) is 25.8. The van der Waals surface area contributed by atoms with Crippen molar-refractivity contribution in [1.29, 1.82) is 0 Å². The third-order valence-corrected chi connectivity index (χ3v) is 9.23. The average molecular weight is 574 g/mol. The van der Waals surface area contributed by atoms with Crippen molar-refractivity contribution in [3.8, 4) is 11.1 Å². The van der Waals surface area contributed by atoms with Crippen LogP contribution in [0.25, 0.3) is 38.2 Å². The first kappa shape index (κ1) is 27.7. The number of ether oxygens (including phenoxy) is 1. The van der Waals surface area contributed by atoms with Crippen molar-refractivity contribution >= 4 is 50.0 Å². The number of hydrogen-bond donors (Lipinski definition) is 0. The Bertz CT molecular complexity index is 2060. The van der Waals surface area contributed by atoms with Gasteiger partial charge in [-0.1, -0.05) is 111 Å². The number of Topliss-reactive ketones (excluding diaryl/α,β-unsaturated/α-hetero) is 1. The zero-order chi connectivity index (χ0) is 30.6. The molecule has 1 aliphatic carbocycles. The molecule has 0 aromatic heterocycles. The van der Waals surface area contributed by atoms with Gasteiger partial charge in [0.05, 0.1) is 18.4 Å². The lowest BCUT2D eigenvalue weighted by Crippen LogP contribution is -2.17. The fourth-order valence-corrected chi connectivity index (χ4v) is 7.13. The van der Waals surface area contributed by atoms with Crippen LogP contribution in [0.15, 0.2) is 127 Å². The van der Waals surface area contributed by atoms with Crippen molar-refractivity contribution in [2.24, 2.45) is 0 Å². The predicted octanol–water partition coefficient (Wildman–Crippen LogP) is 10.7. The van der Waals surface area contributed by atoms with Crippen LogP contribution in [0, 0.1) is 0 Å². The lowest BCUT2D eigenvalue weighted by Gasteiger charge is -2.31. The van der Waals surface area contributed by atoms with Crippen LogP contribution in [0.5, 0.6) is 0 Å². The van der Waals surface area contributed by atoms with Gasteiger partial charge in [-0.3, -0.25) is 4.79 Å². The maximum absolute atomic E-state index is 13.2. The Morgan fingerprint density at radius 2 is 1.16 bits per heavy atom. The molecule has 1 aliphatic rings. The Labute approximate surface area is 259 Å². The van der Waals surface area contributed by atoms with Crippen LogP contribution in [0.3, 0.4) is 0 Å². The number of hydrogen-bond acceptors (Lipinski definition) is 3. The third kappa shape index (κ3) is 4.15. The number of carbonyl (C=O) groups is 1. The van der Waals surface area contributed by atoms with Crippen LogP contribution in [-0.4, -0.2) is 12.9 Å². The lowest BCUT2D eigenvalue weighted by molar-refractivity contribution is -0.111. The van der Waals surface area contributed by atoms with Gasteiger partial charge in [0.1, 0.15) is 5.76 Å². The number of anilines is 3. The van der Waals surface area contributed by atoms with Crippen molar-refractivity contribution < 1.29 is 9.53 Å². The minimum atomic E-state index is -0.128. The molecule has 0 aliphatic heterocycles. The summed E-state index contributed by atoms with van der Waals surface area (Å²) in [4.78, 5) is 15.6. The van der Waals surface area contributed by atoms with Crippen LogP contribution < -0.4 is 4.90 Å². The van der Waals surface area contributed by atoms with Crippen molar-refractivity contribution in [3.05, 3.63) is 144 Å². The summed E-state index contributed by atoms with van der Waals surface area (Å²) in [7, 11) is 1.63. The summed E-state index contributed by atoms with van der Waals surface area (Å²) in [6.45, 7) is 8.13. The molecule has 0 atom stereocenters. The monoisotopic (exact) mass is 573 g/mol. The first-order valence-electron chi connectivity index (χ1n) is 15.1. The maximum Gasteiger partial charge on any atom is 0.163 e. The van der Waals surface area contributed by atoms with Crippen LogP contribution in [0.4, 0.5) is 17.1 Å². The molecular weight excluding hydrogens is 538 g/mol. The Hall–Kier alpha value is -5.15. The Kier molecular flexibility index (Phi) is 6.62. The molecule has 6 aromatic carbocycles. The summed E-state index contributed by atoms with van der Waals surface area (Å²) >= 11 is 0. The number of carbonyl (C=O) groups excluding carboxylic acids is 1. The Balaban J connectivity index is 1.59. The summed E-state index contributed by atoms with van der Waals surface area (Å²) in [5, 5.41) is 4.15. The number of rotatable bonds is 6. The highest BCUT2D eigenvalue weighted by Gasteiger charge is 2.36. The van der Waals surface area contributed by atoms with Gasteiger partial charge in [0.2, 0.25) is 0 Å². The molecule has 0 amide bonds. The van der Waals surface area contributed by atoms with Crippen molar-refractivity contribution in [2.45, 2.75) is 33.1 Å². The maximum atomic E-state index is 13.2. The molecule has 0 bridgehead atoms. The van der Waals surface area contributed by atoms with Crippen molar-refractivity contribution in [1.82, 2.24) is 0 Å². The van der Waals surface area contributed by atoms with Gasteiger partial charge in [-0.2, -0.15) is 0 Å². The van der Waals surface area contributed by atoms with E-state index < -0.39 is 0 Å². The number of nitrogens with zero attached hydrogens (tertiary/aromatic N) is 1. The minimum absolute atomic E-state index is 0.0206. The molecule has 3 heteroatoms. The molecule has 0 radical (unpaired) electrons. The first-order chi connectivity index (χ1) is 21.3. The van der Waals surface area contributed by atoms with E-state index in [2.05, 4.69) is 128 Å². The third-order valence-electron chi connectivity index (χ3n) is 9.23. The number of fused-ring (bicyclic) bond motifs is 5. The van der Waals surface area contributed by atoms with Gasteiger partial charge in [-0.15, -0.1) is 0 Å². The van der Waals surface area contributed by atoms with Gasteiger partial charge in [0.15, 0.2) is 5.78 Å². The number of para-hydroxylation sites is 1. The normalized spacial score (nSPS) is 13.8. The highest BCUT2D eigenvalue weighted by Crippen LogP contribution is 2.52. The van der Waals surface area contributed by atoms with E-state index in [0.717, 1.165) is 44.2 Å². The molecule has 0 N–H and O–H groups in total. The van der Waals surface area contributed by atoms with Gasteiger partial charge in [0, 0.05) is 33.1 Å². The highest BCUT2D eigenvalue weighted by atomic mass is 16.5. The fraction of sp³-hybridized carbons (Fsp3) is 0.146. The van der Waals surface area contributed by atoms with E-state index in [-0.39, 0.29) is 11.2 Å². The van der Waals surface area contributed by atoms with Gasteiger partial charge < -0.3 is 9.64 Å². The minimum Gasteiger partial charge on any atom is -0.501 e. The summed E-state index contributed by atoms with van der Waals surface area (Å²) in [6.07, 6.45) is 0. The topological polar surface area (TPSA) is 29.5 Å². The Morgan fingerprint density at radius 1 is 0.614 bits per heavy atom. The SMILES string of the molecule is CO/C(C)=C(\C(C)=O)c1c2ccccc2c(N(c2ccccc2)c2ccc3c(c2)C(C)(C)c2ccccc2-3)c2ccccc12. The molecule has 7 rings (SSSR count). The number of ketones is 1. The summed E-state index contributed by atoms with van der Waals surface area (Å²) in [5.41, 5.74) is 9.90. The molecule has 216 valence electrons. The fourth-order valence-electron chi connectivity index (χ4n) is 7.13. The van der Waals surface area contributed by atoms with E-state index in [1.54, 1.807) is 14.0 Å². The quantitative estimate of drug-likeness (QED) is 0.113. The molecule has 0 fully saturated rings. The lowest BCUT2D eigenvalue weighted by atomic mass is 9.82. The molecule has 0 unspecified atom stereocenters. The van der Waals surface area contributed by atoms with E-state index in [1.165, 1.54) is 22.3 Å². The molecule has 3 nitrogen and oxygen atoms in total. The van der Waals surface area contributed by atoms with E-state index in [0.29, 0.717) is 11.3 Å². The molecule has 0 saturated heterocycles. The van der Waals surface area contributed by atoms with Gasteiger partial charge in [-0.25, -0.2) is 0 Å². The average Bonchev–Trinajstić information content (AvgIpc) is 3.28. The molecule has 44 heavy (non-hydrogen) atoms. The molecular formula is C41H35NO2. The summed E-state index contributed by atoms with van der Waals surface area (Å²) in [6, 6.07) is 43.1. The van der Waals surface area contributed by atoms with E-state index >= 15 is 0 Å². The zero-order valence-electron chi connectivity index (χ0n) is 25.8. The molecule has 6 aromatic rings. The van der Waals surface area contributed by atoms with Crippen LogP contribution in [0.2, 0.25) is 0 Å². The Morgan fingerprint density at radius 3 is 1.77 bits per heavy atom. The summed E-state index contributed by atoms with van der Waals surface area (Å²) in [5.74, 6) is 0.591.